The van der Waals surface area contributed by atoms with Gasteiger partial charge in [0, 0.05) is 31.9 Å². The van der Waals surface area contributed by atoms with Crippen molar-refractivity contribution < 1.29 is 0 Å². The van der Waals surface area contributed by atoms with Crippen molar-refractivity contribution in [2.45, 2.75) is 64.5 Å². The van der Waals surface area contributed by atoms with Gasteiger partial charge in [0.05, 0.1) is 0 Å². The van der Waals surface area contributed by atoms with Crippen molar-refractivity contribution in [3.8, 4) is 0 Å². The van der Waals surface area contributed by atoms with Crippen LogP contribution in [0, 0.1) is 5.92 Å². The average Bonchev–Trinajstić information content (AvgIpc) is 2.71. The lowest BCUT2D eigenvalue weighted by atomic mass is 9.93. The molecule has 2 heteroatoms. The summed E-state index contributed by atoms with van der Waals surface area (Å²) < 4.78 is 0. The van der Waals surface area contributed by atoms with Gasteiger partial charge in [-0.05, 0) is 49.3 Å². The van der Waals surface area contributed by atoms with Gasteiger partial charge in [-0.2, -0.15) is 0 Å². The molecule has 3 rings (SSSR count). The molecule has 0 unspecified atom stereocenters. The number of hydrogen-bond donors (Lipinski definition) is 1. The molecule has 2 aliphatic rings. The van der Waals surface area contributed by atoms with Crippen LogP contribution in [0.2, 0.25) is 0 Å². The van der Waals surface area contributed by atoms with Crippen LogP contribution in [0.15, 0.2) is 18.2 Å². The maximum Gasteiger partial charge on any atom is 0.0397 e. The minimum absolute atomic E-state index is 0.652. The largest absolute Gasteiger partial charge is 0.374 e. The number of hydrogen-bond acceptors (Lipinski definition) is 2. The average molecular weight is 286 g/mol. The minimum atomic E-state index is 0.652. The molecule has 0 spiro atoms. The predicted octanol–water partition coefficient (Wildman–Crippen LogP) is 4.13. The normalized spacial score (nSPS) is 21.1. The molecule has 1 aromatic rings. The summed E-state index contributed by atoms with van der Waals surface area (Å²) in [5, 5.41) is 3.79. The molecule has 1 saturated carbocycles. The highest BCUT2D eigenvalue weighted by atomic mass is 15.1. The summed E-state index contributed by atoms with van der Waals surface area (Å²) in [6, 6.07) is 7.66. The molecule has 1 aromatic carbocycles. The first kappa shape index (κ1) is 14.9. The highest BCUT2D eigenvalue weighted by Crippen LogP contribution is 2.28. The molecule has 0 radical (unpaired) electrons. The van der Waals surface area contributed by atoms with E-state index in [1.807, 2.05) is 0 Å². The van der Waals surface area contributed by atoms with Gasteiger partial charge in [0.15, 0.2) is 0 Å². The zero-order valence-corrected chi connectivity index (χ0v) is 13.7. The number of nitrogens with zero attached hydrogens (tertiary/aromatic N) is 1. The van der Waals surface area contributed by atoms with Crippen LogP contribution in [-0.2, 0) is 13.0 Å². The van der Waals surface area contributed by atoms with Crippen LogP contribution < -0.4 is 10.2 Å². The molecule has 1 aliphatic heterocycles. The highest BCUT2D eigenvalue weighted by molar-refractivity contribution is 5.58. The third-order valence-electron chi connectivity index (χ3n) is 5.51. The maximum absolute atomic E-state index is 3.79. The Bertz CT molecular complexity index is 461. The predicted molar refractivity (Wildman–Crippen MR) is 90.9 cm³/mol. The smallest absolute Gasteiger partial charge is 0.0397 e. The van der Waals surface area contributed by atoms with Crippen LogP contribution >= 0.6 is 0 Å². The minimum Gasteiger partial charge on any atom is -0.374 e. The molecule has 21 heavy (non-hydrogen) atoms. The molecular formula is C19H30N2. The van der Waals surface area contributed by atoms with Crippen LogP contribution in [0.1, 0.15) is 56.6 Å². The Morgan fingerprint density at radius 1 is 1.19 bits per heavy atom. The quantitative estimate of drug-likeness (QED) is 0.837. The molecule has 2 nitrogen and oxygen atoms in total. The van der Waals surface area contributed by atoms with Crippen molar-refractivity contribution in [3.63, 3.8) is 0 Å². The molecule has 0 aromatic heterocycles. The summed E-state index contributed by atoms with van der Waals surface area (Å²) in [6.45, 7) is 4.58. The summed E-state index contributed by atoms with van der Waals surface area (Å²) in [4.78, 5) is 2.36. The molecule has 116 valence electrons. The second kappa shape index (κ2) is 6.83. The Morgan fingerprint density at radius 2 is 1.95 bits per heavy atom. The monoisotopic (exact) mass is 286 g/mol. The number of nitrogens with one attached hydrogen (secondary N) is 1. The SMILES string of the molecule is C[C@H](NCc1ccc2c(c1)CCN2C)C1CCCCCC1. The van der Waals surface area contributed by atoms with Crippen LogP contribution in [-0.4, -0.2) is 19.6 Å². The Hall–Kier alpha value is -1.02. The van der Waals surface area contributed by atoms with Gasteiger partial charge in [-0.1, -0.05) is 37.8 Å². The van der Waals surface area contributed by atoms with Crippen LogP contribution in [0.4, 0.5) is 5.69 Å². The van der Waals surface area contributed by atoms with Crippen molar-refractivity contribution >= 4 is 5.69 Å². The molecule has 1 aliphatic carbocycles. The summed E-state index contributed by atoms with van der Waals surface area (Å²) in [6.07, 6.45) is 9.80. The fourth-order valence-electron chi connectivity index (χ4n) is 3.99. The number of fused-ring (bicyclic) bond motifs is 1. The standard InChI is InChI=1S/C19H30N2/c1-15(17-7-5-3-4-6-8-17)20-14-16-9-10-19-18(13-16)11-12-21(19)2/h9-10,13,15,17,20H,3-8,11-12,14H2,1-2H3/t15-/m0/s1. The first-order valence-corrected chi connectivity index (χ1v) is 8.80. The fraction of sp³-hybridized carbons (Fsp3) is 0.684. The van der Waals surface area contributed by atoms with Gasteiger partial charge in [-0.3, -0.25) is 0 Å². The summed E-state index contributed by atoms with van der Waals surface area (Å²) in [5.41, 5.74) is 4.40. The van der Waals surface area contributed by atoms with Crippen molar-refractivity contribution in [1.29, 1.82) is 0 Å². The van der Waals surface area contributed by atoms with Crippen LogP contribution in [0.3, 0.4) is 0 Å². The van der Waals surface area contributed by atoms with Gasteiger partial charge >= 0.3 is 0 Å². The molecule has 1 heterocycles. The van der Waals surface area contributed by atoms with Crippen LogP contribution in [0.25, 0.3) is 0 Å². The molecule has 1 atom stereocenters. The maximum atomic E-state index is 3.79. The Morgan fingerprint density at radius 3 is 2.71 bits per heavy atom. The molecule has 1 N–H and O–H groups in total. The van der Waals surface area contributed by atoms with Gasteiger partial charge in [0.1, 0.15) is 0 Å². The fourth-order valence-corrected chi connectivity index (χ4v) is 3.99. The van der Waals surface area contributed by atoms with E-state index in [0.29, 0.717) is 6.04 Å². The topological polar surface area (TPSA) is 15.3 Å². The second-order valence-corrected chi connectivity index (χ2v) is 7.06. The van der Waals surface area contributed by atoms with Gasteiger partial charge in [-0.25, -0.2) is 0 Å². The van der Waals surface area contributed by atoms with Crippen LogP contribution in [0.5, 0.6) is 0 Å². The molecule has 1 fully saturated rings. The summed E-state index contributed by atoms with van der Waals surface area (Å²) >= 11 is 0. The van der Waals surface area contributed by atoms with Crippen molar-refractivity contribution in [1.82, 2.24) is 5.32 Å². The number of rotatable bonds is 4. The van der Waals surface area contributed by atoms with E-state index in [1.54, 1.807) is 0 Å². The summed E-state index contributed by atoms with van der Waals surface area (Å²) in [5.74, 6) is 0.882. The van der Waals surface area contributed by atoms with Gasteiger partial charge in [-0.15, -0.1) is 0 Å². The highest BCUT2D eigenvalue weighted by Gasteiger charge is 2.19. The van der Waals surface area contributed by atoms with E-state index in [4.69, 9.17) is 0 Å². The Balaban J connectivity index is 1.55. The second-order valence-electron chi connectivity index (χ2n) is 7.06. The van der Waals surface area contributed by atoms with E-state index in [2.05, 4.69) is 42.4 Å². The third kappa shape index (κ3) is 3.60. The Kier molecular flexibility index (Phi) is 4.84. The number of likely N-dealkylation sites (N-methyl/N-ethyl adjacent to an activating group) is 1. The van der Waals surface area contributed by atoms with Crippen molar-refractivity contribution in [2.24, 2.45) is 5.92 Å². The van der Waals surface area contributed by atoms with Gasteiger partial charge in [0.2, 0.25) is 0 Å². The van der Waals surface area contributed by atoms with Gasteiger partial charge < -0.3 is 10.2 Å². The van der Waals surface area contributed by atoms with E-state index < -0.39 is 0 Å². The third-order valence-corrected chi connectivity index (χ3v) is 5.51. The van der Waals surface area contributed by atoms with E-state index in [9.17, 15) is 0 Å². The number of benzene rings is 1. The van der Waals surface area contributed by atoms with E-state index in [-0.39, 0.29) is 0 Å². The molecular weight excluding hydrogens is 256 g/mol. The summed E-state index contributed by atoms with van der Waals surface area (Å²) in [7, 11) is 2.19. The van der Waals surface area contributed by atoms with E-state index >= 15 is 0 Å². The lowest BCUT2D eigenvalue weighted by molar-refractivity contribution is 0.336. The lowest BCUT2D eigenvalue weighted by Crippen LogP contribution is -2.32. The van der Waals surface area contributed by atoms with Gasteiger partial charge in [0.25, 0.3) is 0 Å². The lowest BCUT2D eigenvalue weighted by Gasteiger charge is -2.24. The van der Waals surface area contributed by atoms with Crippen molar-refractivity contribution in [3.05, 3.63) is 29.3 Å². The molecule has 0 saturated heterocycles. The molecule has 0 amide bonds. The zero-order chi connectivity index (χ0) is 14.7. The van der Waals surface area contributed by atoms with Crippen molar-refractivity contribution in [2.75, 3.05) is 18.5 Å². The van der Waals surface area contributed by atoms with E-state index in [0.717, 1.165) is 12.5 Å². The Labute approximate surface area is 129 Å². The first-order valence-electron chi connectivity index (χ1n) is 8.80. The first-order chi connectivity index (χ1) is 10.2. The number of anilines is 1. The zero-order valence-electron chi connectivity index (χ0n) is 13.7. The molecule has 0 bridgehead atoms. The van der Waals surface area contributed by atoms with E-state index in [1.165, 1.54) is 68.3 Å².